The van der Waals surface area contributed by atoms with Gasteiger partial charge in [0.25, 0.3) is 0 Å². The lowest BCUT2D eigenvalue weighted by Crippen LogP contribution is -2.41. The van der Waals surface area contributed by atoms with Crippen molar-refractivity contribution >= 4 is 0 Å². The normalized spacial score (nSPS) is 11.6. The number of methoxy groups -OCH3 is 1. The third-order valence-electron chi connectivity index (χ3n) is 3.68. The SMILES string of the molecule is CCC(N)(CC)Cc1ncc(C)c(OC)c1C. The van der Waals surface area contributed by atoms with Crippen molar-refractivity contribution in [1.29, 1.82) is 0 Å². The highest BCUT2D eigenvalue weighted by molar-refractivity contribution is 5.41. The average Bonchev–Trinajstić information content (AvgIpc) is 2.33. The Morgan fingerprint density at radius 2 is 1.88 bits per heavy atom. The van der Waals surface area contributed by atoms with Crippen molar-refractivity contribution in [3.05, 3.63) is 23.0 Å². The first-order valence-corrected chi connectivity index (χ1v) is 6.25. The van der Waals surface area contributed by atoms with E-state index in [1.54, 1.807) is 7.11 Å². The molecule has 0 aliphatic carbocycles. The summed E-state index contributed by atoms with van der Waals surface area (Å²) in [5.41, 5.74) is 9.43. The van der Waals surface area contributed by atoms with Gasteiger partial charge in [0.2, 0.25) is 0 Å². The van der Waals surface area contributed by atoms with Gasteiger partial charge in [-0.2, -0.15) is 0 Å². The molecule has 1 aromatic rings. The van der Waals surface area contributed by atoms with Crippen LogP contribution < -0.4 is 10.5 Å². The molecular weight excluding hydrogens is 212 g/mol. The van der Waals surface area contributed by atoms with Gasteiger partial charge in [-0.25, -0.2) is 0 Å². The van der Waals surface area contributed by atoms with E-state index in [0.717, 1.165) is 41.8 Å². The Labute approximate surface area is 104 Å². The van der Waals surface area contributed by atoms with Gasteiger partial charge in [0.1, 0.15) is 5.75 Å². The van der Waals surface area contributed by atoms with E-state index >= 15 is 0 Å². The fourth-order valence-corrected chi connectivity index (χ4v) is 2.08. The van der Waals surface area contributed by atoms with Crippen LogP contribution in [-0.4, -0.2) is 17.6 Å². The molecule has 0 fully saturated rings. The van der Waals surface area contributed by atoms with Gasteiger partial charge in [-0.05, 0) is 26.7 Å². The van der Waals surface area contributed by atoms with Gasteiger partial charge in [-0.15, -0.1) is 0 Å². The predicted molar refractivity (Wildman–Crippen MR) is 71.5 cm³/mol. The first kappa shape index (κ1) is 14.0. The molecule has 96 valence electrons. The summed E-state index contributed by atoms with van der Waals surface area (Å²) in [4.78, 5) is 4.51. The van der Waals surface area contributed by atoms with Gasteiger partial charge >= 0.3 is 0 Å². The second-order valence-electron chi connectivity index (χ2n) is 4.79. The van der Waals surface area contributed by atoms with E-state index in [1.165, 1.54) is 0 Å². The smallest absolute Gasteiger partial charge is 0.128 e. The Morgan fingerprint density at radius 3 is 2.35 bits per heavy atom. The quantitative estimate of drug-likeness (QED) is 0.855. The third kappa shape index (κ3) is 2.97. The number of aryl methyl sites for hydroxylation is 1. The molecule has 0 aliphatic heterocycles. The van der Waals surface area contributed by atoms with E-state index < -0.39 is 0 Å². The van der Waals surface area contributed by atoms with Crippen LogP contribution in [0.3, 0.4) is 0 Å². The van der Waals surface area contributed by atoms with Crippen molar-refractivity contribution < 1.29 is 4.74 Å². The molecule has 17 heavy (non-hydrogen) atoms. The summed E-state index contributed by atoms with van der Waals surface area (Å²) in [7, 11) is 1.70. The van der Waals surface area contributed by atoms with Crippen LogP contribution in [0.4, 0.5) is 0 Å². The van der Waals surface area contributed by atoms with Gasteiger partial charge in [0.15, 0.2) is 0 Å². The Morgan fingerprint density at radius 1 is 1.29 bits per heavy atom. The molecule has 3 nitrogen and oxygen atoms in total. The minimum Gasteiger partial charge on any atom is -0.496 e. The number of aromatic nitrogens is 1. The number of ether oxygens (including phenoxy) is 1. The average molecular weight is 236 g/mol. The number of hydrogen-bond donors (Lipinski definition) is 1. The summed E-state index contributed by atoms with van der Waals surface area (Å²) in [5.74, 6) is 0.935. The Kier molecular flexibility index (Phi) is 4.52. The Bertz CT molecular complexity index is 384. The molecule has 0 unspecified atom stereocenters. The highest BCUT2D eigenvalue weighted by Crippen LogP contribution is 2.27. The molecule has 1 rings (SSSR count). The molecule has 1 aromatic heterocycles. The Balaban J connectivity index is 3.08. The van der Waals surface area contributed by atoms with Crippen LogP contribution in [-0.2, 0) is 6.42 Å². The monoisotopic (exact) mass is 236 g/mol. The van der Waals surface area contributed by atoms with Gasteiger partial charge in [0, 0.05) is 35.0 Å². The van der Waals surface area contributed by atoms with Crippen LogP contribution in [0.1, 0.15) is 43.5 Å². The highest BCUT2D eigenvalue weighted by atomic mass is 16.5. The summed E-state index contributed by atoms with van der Waals surface area (Å²) < 4.78 is 5.42. The van der Waals surface area contributed by atoms with Crippen molar-refractivity contribution in [3.8, 4) is 5.75 Å². The van der Waals surface area contributed by atoms with Crippen molar-refractivity contribution in [2.75, 3.05) is 7.11 Å². The molecule has 0 aromatic carbocycles. The number of nitrogens with two attached hydrogens (primary N) is 1. The van der Waals surface area contributed by atoms with Crippen molar-refractivity contribution in [2.24, 2.45) is 5.73 Å². The van der Waals surface area contributed by atoms with E-state index in [0.29, 0.717) is 0 Å². The number of hydrogen-bond acceptors (Lipinski definition) is 3. The standard InChI is InChI=1S/C14H24N2O/c1-6-14(15,7-2)8-12-11(4)13(17-5)10(3)9-16-12/h9H,6-8,15H2,1-5H3. The fraction of sp³-hybridized carbons (Fsp3) is 0.643. The van der Waals surface area contributed by atoms with E-state index in [1.807, 2.05) is 13.1 Å². The maximum Gasteiger partial charge on any atom is 0.128 e. The summed E-state index contributed by atoms with van der Waals surface area (Å²) in [5, 5.41) is 0. The maximum atomic E-state index is 6.35. The molecule has 1 heterocycles. The number of nitrogens with zero attached hydrogens (tertiary/aromatic N) is 1. The molecule has 3 heteroatoms. The molecule has 0 aliphatic rings. The molecule has 0 atom stereocenters. The van der Waals surface area contributed by atoms with Crippen molar-refractivity contribution in [1.82, 2.24) is 4.98 Å². The molecule has 0 radical (unpaired) electrons. The first-order valence-electron chi connectivity index (χ1n) is 6.25. The minimum atomic E-state index is -0.155. The zero-order valence-electron chi connectivity index (χ0n) is 11.6. The Hall–Kier alpha value is -1.09. The fourth-order valence-electron chi connectivity index (χ4n) is 2.08. The van der Waals surface area contributed by atoms with Crippen LogP contribution in [0.25, 0.3) is 0 Å². The van der Waals surface area contributed by atoms with E-state index in [-0.39, 0.29) is 5.54 Å². The van der Waals surface area contributed by atoms with Gasteiger partial charge < -0.3 is 10.5 Å². The molecule has 0 spiro atoms. The van der Waals surface area contributed by atoms with E-state index in [9.17, 15) is 0 Å². The summed E-state index contributed by atoms with van der Waals surface area (Å²) in [6.07, 6.45) is 4.59. The molecule has 0 bridgehead atoms. The van der Waals surface area contributed by atoms with E-state index in [4.69, 9.17) is 10.5 Å². The van der Waals surface area contributed by atoms with Crippen LogP contribution in [0.15, 0.2) is 6.20 Å². The van der Waals surface area contributed by atoms with Crippen LogP contribution in [0.5, 0.6) is 5.75 Å². The second kappa shape index (κ2) is 5.50. The van der Waals surface area contributed by atoms with Gasteiger partial charge in [-0.3, -0.25) is 4.98 Å². The van der Waals surface area contributed by atoms with Crippen LogP contribution >= 0.6 is 0 Å². The highest BCUT2D eigenvalue weighted by Gasteiger charge is 2.23. The minimum absolute atomic E-state index is 0.155. The third-order valence-corrected chi connectivity index (χ3v) is 3.68. The molecule has 0 saturated carbocycles. The van der Waals surface area contributed by atoms with Crippen molar-refractivity contribution in [2.45, 2.75) is 52.5 Å². The van der Waals surface area contributed by atoms with E-state index in [2.05, 4.69) is 25.8 Å². The zero-order chi connectivity index (χ0) is 13.1. The zero-order valence-corrected chi connectivity index (χ0v) is 11.6. The van der Waals surface area contributed by atoms with Gasteiger partial charge in [0.05, 0.1) is 7.11 Å². The first-order chi connectivity index (χ1) is 7.97. The van der Waals surface area contributed by atoms with Crippen molar-refractivity contribution in [3.63, 3.8) is 0 Å². The topological polar surface area (TPSA) is 48.1 Å². The summed E-state index contributed by atoms with van der Waals surface area (Å²) in [6, 6.07) is 0. The van der Waals surface area contributed by atoms with Gasteiger partial charge in [-0.1, -0.05) is 13.8 Å². The van der Waals surface area contributed by atoms with Crippen LogP contribution in [0, 0.1) is 13.8 Å². The molecular formula is C14H24N2O. The maximum absolute atomic E-state index is 6.35. The molecule has 2 N–H and O–H groups in total. The lowest BCUT2D eigenvalue weighted by atomic mass is 9.87. The summed E-state index contributed by atoms with van der Waals surface area (Å²) in [6.45, 7) is 8.33. The molecule has 0 saturated heterocycles. The predicted octanol–water partition coefficient (Wildman–Crippen LogP) is 2.77. The number of rotatable bonds is 5. The lowest BCUT2D eigenvalue weighted by molar-refractivity contribution is 0.382. The largest absolute Gasteiger partial charge is 0.496 e. The number of pyridine rings is 1. The molecule has 0 amide bonds. The summed E-state index contributed by atoms with van der Waals surface area (Å²) >= 11 is 0. The second-order valence-corrected chi connectivity index (χ2v) is 4.79. The lowest BCUT2D eigenvalue weighted by Gasteiger charge is -2.27. The van der Waals surface area contributed by atoms with Crippen LogP contribution in [0.2, 0.25) is 0 Å².